The van der Waals surface area contributed by atoms with Gasteiger partial charge in [0, 0.05) is 25.2 Å². The van der Waals surface area contributed by atoms with Crippen LogP contribution in [0.3, 0.4) is 0 Å². The minimum atomic E-state index is 0.124. The largest absolute Gasteiger partial charge is 0.475 e. The number of rotatable bonds is 4. The minimum Gasteiger partial charge on any atom is -0.475 e. The Morgan fingerprint density at radius 1 is 1.44 bits per heavy atom. The van der Waals surface area contributed by atoms with E-state index >= 15 is 0 Å². The molecule has 1 aromatic heterocycles. The SMILES string of the molecule is CC(C)Oc1cc(N2CCCCC2CN)ncn1. The maximum atomic E-state index is 5.83. The quantitative estimate of drug-likeness (QED) is 0.879. The molecule has 1 fully saturated rings. The second-order valence-electron chi connectivity index (χ2n) is 4.96. The lowest BCUT2D eigenvalue weighted by Crippen LogP contribution is -2.44. The first-order chi connectivity index (χ1) is 8.70. The number of nitrogens with zero attached hydrogens (tertiary/aromatic N) is 3. The predicted molar refractivity (Wildman–Crippen MR) is 71.8 cm³/mol. The fraction of sp³-hybridized carbons (Fsp3) is 0.692. The second-order valence-corrected chi connectivity index (χ2v) is 4.96. The Morgan fingerprint density at radius 3 is 3.00 bits per heavy atom. The van der Waals surface area contributed by atoms with Crippen LogP contribution >= 0.6 is 0 Å². The number of hydrogen-bond donors (Lipinski definition) is 1. The molecule has 0 amide bonds. The zero-order chi connectivity index (χ0) is 13.0. The predicted octanol–water partition coefficient (Wildman–Crippen LogP) is 1.58. The van der Waals surface area contributed by atoms with Crippen molar-refractivity contribution in [3.63, 3.8) is 0 Å². The van der Waals surface area contributed by atoms with E-state index in [0.717, 1.165) is 18.8 Å². The highest BCUT2D eigenvalue weighted by atomic mass is 16.5. The molecule has 1 aliphatic rings. The van der Waals surface area contributed by atoms with Gasteiger partial charge in [0.25, 0.3) is 0 Å². The molecule has 0 bridgehead atoms. The summed E-state index contributed by atoms with van der Waals surface area (Å²) in [6.45, 7) is 5.67. The normalized spacial score (nSPS) is 20.2. The first-order valence-electron chi connectivity index (χ1n) is 6.66. The van der Waals surface area contributed by atoms with E-state index in [1.807, 2.05) is 19.9 Å². The van der Waals surface area contributed by atoms with E-state index in [4.69, 9.17) is 10.5 Å². The molecule has 1 saturated heterocycles. The highest BCUT2D eigenvalue weighted by molar-refractivity contribution is 5.42. The standard InChI is InChI=1S/C13H22N4O/c1-10(2)18-13-7-12(15-9-16-13)17-6-4-3-5-11(17)8-14/h7,9-11H,3-6,8,14H2,1-2H3. The first kappa shape index (κ1) is 13.1. The molecule has 5 nitrogen and oxygen atoms in total. The number of hydrogen-bond acceptors (Lipinski definition) is 5. The summed E-state index contributed by atoms with van der Waals surface area (Å²) in [5.41, 5.74) is 5.83. The Bertz CT molecular complexity index is 383. The summed E-state index contributed by atoms with van der Waals surface area (Å²) in [7, 11) is 0. The minimum absolute atomic E-state index is 0.124. The van der Waals surface area contributed by atoms with Gasteiger partial charge in [-0.15, -0.1) is 0 Å². The Labute approximate surface area is 108 Å². The molecule has 2 N–H and O–H groups in total. The summed E-state index contributed by atoms with van der Waals surface area (Å²) >= 11 is 0. The smallest absolute Gasteiger partial charge is 0.218 e. The third kappa shape index (κ3) is 3.10. The van der Waals surface area contributed by atoms with Crippen LogP contribution in [0.25, 0.3) is 0 Å². The highest BCUT2D eigenvalue weighted by Gasteiger charge is 2.22. The molecule has 18 heavy (non-hydrogen) atoms. The van der Waals surface area contributed by atoms with Gasteiger partial charge in [-0.05, 0) is 33.1 Å². The van der Waals surface area contributed by atoms with E-state index < -0.39 is 0 Å². The van der Waals surface area contributed by atoms with E-state index in [1.165, 1.54) is 12.8 Å². The summed E-state index contributed by atoms with van der Waals surface area (Å²) in [6.07, 6.45) is 5.27. The van der Waals surface area contributed by atoms with Crippen molar-refractivity contribution in [2.24, 2.45) is 5.73 Å². The van der Waals surface area contributed by atoms with Crippen LogP contribution in [0.4, 0.5) is 5.82 Å². The Hall–Kier alpha value is -1.36. The van der Waals surface area contributed by atoms with Crippen molar-refractivity contribution in [2.75, 3.05) is 18.0 Å². The second kappa shape index (κ2) is 6.00. The molecular formula is C13H22N4O. The average molecular weight is 250 g/mol. The van der Waals surface area contributed by atoms with Gasteiger partial charge >= 0.3 is 0 Å². The van der Waals surface area contributed by atoms with Gasteiger partial charge in [0.15, 0.2) is 0 Å². The summed E-state index contributed by atoms with van der Waals surface area (Å²) in [6, 6.07) is 2.30. The number of nitrogens with two attached hydrogens (primary N) is 1. The number of ether oxygens (including phenoxy) is 1. The molecule has 0 spiro atoms. The van der Waals surface area contributed by atoms with Crippen molar-refractivity contribution in [1.82, 2.24) is 9.97 Å². The van der Waals surface area contributed by atoms with Crippen LogP contribution in [-0.4, -0.2) is 35.2 Å². The molecule has 0 aromatic carbocycles. The van der Waals surface area contributed by atoms with Crippen molar-refractivity contribution in [3.8, 4) is 5.88 Å². The Kier molecular flexibility index (Phi) is 4.36. The maximum Gasteiger partial charge on any atom is 0.218 e. The van der Waals surface area contributed by atoms with Crippen molar-refractivity contribution >= 4 is 5.82 Å². The van der Waals surface area contributed by atoms with Crippen molar-refractivity contribution in [3.05, 3.63) is 12.4 Å². The molecule has 100 valence electrons. The highest BCUT2D eigenvalue weighted by Crippen LogP contribution is 2.24. The van der Waals surface area contributed by atoms with Crippen molar-refractivity contribution in [2.45, 2.75) is 45.3 Å². The van der Waals surface area contributed by atoms with Crippen LogP contribution in [0.2, 0.25) is 0 Å². The third-order valence-corrected chi connectivity index (χ3v) is 3.18. The molecular weight excluding hydrogens is 228 g/mol. The van der Waals surface area contributed by atoms with Gasteiger partial charge < -0.3 is 15.4 Å². The lowest BCUT2D eigenvalue weighted by atomic mass is 10.0. The zero-order valence-corrected chi connectivity index (χ0v) is 11.2. The van der Waals surface area contributed by atoms with Gasteiger partial charge in [0.2, 0.25) is 5.88 Å². The fourth-order valence-corrected chi connectivity index (χ4v) is 2.34. The van der Waals surface area contributed by atoms with Crippen molar-refractivity contribution in [1.29, 1.82) is 0 Å². The van der Waals surface area contributed by atoms with Crippen LogP contribution in [0.5, 0.6) is 5.88 Å². The number of anilines is 1. The van der Waals surface area contributed by atoms with Gasteiger partial charge in [-0.1, -0.05) is 0 Å². The van der Waals surface area contributed by atoms with E-state index in [2.05, 4.69) is 14.9 Å². The van der Waals surface area contributed by atoms with E-state index in [1.54, 1.807) is 6.33 Å². The monoisotopic (exact) mass is 250 g/mol. The average Bonchev–Trinajstić information content (AvgIpc) is 2.38. The van der Waals surface area contributed by atoms with Gasteiger partial charge in [0.1, 0.15) is 12.1 Å². The summed E-state index contributed by atoms with van der Waals surface area (Å²) in [5, 5.41) is 0. The zero-order valence-electron chi connectivity index (χ0n) is 11.2. The van der Waals surface area contributed by atoms with Crippen molar-refractivity contribution < 1.29 is 4.74 Å². The summed E-state index contributed by atoms with van der Waals surface area (Å²) in [5.74, 6) is 1.56. The van der Waals surface area contributed by atoms with Gasteiger partial charge in [-0.2, -0.15) is 0 Å². The Morgan fingerprint density at radius 2 is 2.28 bits per heavy atom. The third-order valence-electron chi connectivity index (χ3n) is 3.18. The van der Waals surface area contributed by atoms with Crippen LogP contribution in [0, 0.1) is 0 Å². The van der Waals surface area contributed by atoms with Crippen LogP contribution in [-0.2, 0) is 0 Å². The molecule has 1 aromatic rings. The molecule has 0 aliphatic carbocycles. The molecule has 1 atom stereocenters. The maximum absolute atomic E-state index is 5.83. The Balaban J connectivity index is 2.15. The first-order valence-corrected chi connectivity index (χ1v) is 6.66. The molecule has 0 radical (unpaired) electrons. The van der Waals surface area contributed by atoms with Gasteiger partial charge in [-0.25, -0.2) is 9.97 Å². The lowest BCUT2D eigenvalue weighted by Gasteiger charge is -2.35. The number of piperidine rings is 1. The van der Waals surface area contributed by atoms with E-state index in [0.29, 0.717) is 18.5 Å². The number of aromatic nitrogens is 2. The van der Waals surface area contributed by atoms with Crippen LogP contribution in [0.15, 0.2) is 12.4 Å². The summed E-state index contributed by atoms with van der Waals surface area (Å²) in [4.78, 5) is 10.8. The molecule has 2 rings (SSSR count). The van der Waals surface area contributed by atoms with Crippen LogP contribution < -0.4 is 15.4 Å². The van der Waals surface area contributed by atoms with Gasteiger partial charge in [0.05, 0.1) is 6.10 Å². The van der Waals surface area contributed by atoms with Gasteiger partial charge in [-0.3, -0.25) is 0 Å². The summed E-state index contributed by atoms with van der Waals surface area (Å²) < 4.78 is 5.61. The molecule has 1 aliphatic heterocycles. The molecule has 0 saturated carbocycles. The van der Waals surface area contributed by atoms with Crippen LogP contribution in [0.1, 0.15) is 33.1 Å². The molecule has 1 unspecified atom stereocenters. The molecule has 5 heteroatoms. The lowest BCUT2D eigenvalue weighted by molar-refractivity contribution is 0.232. The van der Waals surface area contributed by atoms with E-state index in [-0.39, 0.29) is 6.10 Å². The topological polar surface area (TPSA) is 64.3 Å². The van der Waals surface area contributed by atoms with E-state index in [9.17, 15) is 0 Å². The fourth-order valence-electron chi connectivity index (χ4n) is 2.34. The molecule has 2 heterocycles.